The second kappa shape index (κ2) is 5.77. The van der Waals surface area contributed by atoms with Crippen LogP contribution < -0.4 is 10.6 Å². The van der Waals surface area contributed by atoms with E-state index in [2.05, 4.69) is 11.6 Å². The maximum absolute atomic E-state index is 11.6. The SMILES string of the molecule is C=CC(C=O)N(C(=O)CN)c1ccccn1. The largest absolute Gasteiger partial charge is 0.322 e. The van der Waals surface area contributed by atoms with Gasteiger partial charge in [0.1, 0.15) is 18.1 Å². The third-order valence-corrected chi connectivity index (χ3v) is 2.02. The molecule has 16 heavy (non-hydrogen) atoms. The van der Waals surface area contributed by atoms with Crippen molar-refractivity contribution in [2.45, 2.75) is 6.04 Å². The fraction of sp³-hybridized carbons (Fsp3) is 0.182. The summed E-state index contributed by atoms with van der Waals surface area (Å²) in [6.07, 6.45) is 3.53. The number of amides is 1. The molecular weight excluding hydrogens is 206 g/mol. The van der Waals surface area contributed by atoms with Crippen molar-refractivity contribution in [3.8, 4) is 0 Å². The quantitative estimate of drug-likeness (QED) is 0.564. The van der Waals surface area contributed by atoms with Crippen LogP contribution in [0, 0.1) is 0 Å². The van der Waals surface area contributed by atoms with E-state index in [9.17, 15) is 9.59 Å². The minimum atomic E-state index is -0.744. The number of aldehydes is 1. The lowest BCUT2D eigenvalue weighted by molar-refractivity contribution is -0.119. The number of rotatable bonds is 5. The summed E-state index contributed by atoms with van der Waals surface area (Å²) in [5, 5.41) is 0. The molecule has 0 saturated carbocycles. The first-order valence-corrected chi connectivity index (χ1v) is 4.75. The molecule has 1 heterocycles. The summed E-state index contributed by atoms with van der Waals surface area (Å²) in [6.45, 7) is 3.32. The molecule has 1 rings (SSSR count). The molecule has 2 N–H and O–H groups in total. The van der Waals surface area contributed by atoms with Crippen LogP contribution >= 0.6 is 0 Å². The molecule has 5 nitrogen and oxygen atoms in total. The fourth-order valence-electron chi connectivity index (χ4n) is 1.26. The van der Waals surface area contributed by atoms with Crippen molar-refractivity contribution in [1.29, 1.82) is 0 Å². The Morgan fingerprint density at radius 2 is 2.38 bits per heavy atom. The standard InChI is InChI=1S/C11H13N3O2/c1-2-9(8-15)14(11(16)7-12)10-5-3-4-6-13-10/h2-6,8-9H,1,7,12H2. The Labute approximate surface area is 93.6 Å². The van der Waals surface area contributed by atoms with Crippen LogP contribution in [0.25, 0.3) is 0 Å². The minimum absolute atomic E-state index is 0.186. The maximum Gasteiger partial charge on any atom is 0.242 e. The van der Waals surface area contributed by atoms with E-state index < -0.39 is 6.04 Å². The third kappa shape index (κ3) is 2.52. The molecule has 0 aliphatic heterocycles. The summed E-state index contributed by atoms with van der Waals surface area (Å²) in [7, 11) is 0. The molecule has 0 aliphatic carbocycles. The molecule has 0 aliphatic rings. The average Bonchev–Trinajstić information content (AvgIpc) is 2.36. The van der Waals surface area contributed by atoms with Crippen LogP contribution in [0.4, 0.5) is 5.82 Å². The van der Waals surface area contributed by atoms with Gasteiger partial charge >= 0.3 is 0 Å². The average molecular weight is 219 g/mol. The number of nitrogens with zero attached hydrogens (tertiary/aromatic N) is 2. The van der Waals surface area contributed by atoms with Crippen LogP contribution in [-0.2, 0) is 9.59 Å². The van der Waals surface area contributed by atoms with E-state index in [-0.39, 0.29) is 12.5 Å². The number of pyridine rings is 1. The normalized spacial score (nSPS) is 11.6. The van der Waals surface area contributed by atoms with E-state index >= 15 is 0 Å². The van der Waals surface area contributed by atoms with Gasteiger partial charge in [-0.1, -0.05) is 12.1 Å². The van der Waals surface area contributed by atoms with Crippen molar-refractivity contribution in [2.75, 3.05) is 11.4 Å². The molecule has 1 atom stereocenters. The van der Waals surface area contributed by atoms with Crippen LogP contribution in [-0.4, -0.2) is 29.8 Å². The van der Waals surface area contributed by atoms with E-state index in [1.165, 1.54) is 17.2 Å². The Hall–Kier alpha value is -2.01. The van der Waals surface area contributed by atoms with Crippen molar-refractivity contribution in [1.82, 2.24) is 4.98 Å². The lowest BCUT2D eigenvalue weighted by Gasteiger charge is -2.24. The molecule has 0 radical (unpaired) electrons. The number of hydrogen-bond acceptors (Lipinski definition) is 4. The van der Waals surface area contributed by atoms with E-state index in [4.69, 9.17) is 5.73 Å². The highest BCUT2D eigenvalue weighted by Crippen LogP contribution is 2.13. The van der Waals surface area contributed by atoms with Gasteiger partial charge in [0.25, 0.3) is 0 Å². The minimum Gasteiger partial charge on any atom is -0.322 e. The molecular formula is C11H13N3O2. The first-order chi connectivity index (χ1) is 7.74. The van der Waals surface area contributed by atoms with Gasteiger partial charge in [-0.2, -0.15) is 0 Å². The van der Waals surface area contributed by atoms with Gasteiger partial charge in [0.05, 0.1) is 6.54 Å². The lowest BCUT2D eigenvalue weighted by Crippen LogP contribution is -2.44. The molecule has 1 unspecified atom stereocenters. The van der Waals surface area contributed by atoms with Crippen LogP contribution in [0.5, 0.6) is 0 Å². The van der Waals surface area contributed by atoms with Crippen molar-refractivity contribution >= 4 is 18.0 Å². The second-order valence-corrected chi connectivity index (χ2v) is 3.02. The summed E-state index contributed by atoms with van der Waals surface area (Å²) >= 11 is 0. The van der Waals surface area contributed by atoms with Gasteiger partial charge in [-0.25, -0.2) is 4.98 Å². The van der Waals surface area contributed by atoms with Gasteiger partial charge in [-0.05, 0) is 12.1 Å². The van der Waals surface area contributed by atoms with Crippen molar-refractivity contribution < 1.29 is 9.59 Å². The summed E-state index contributed by atoms with van der Waals surface area (Å²) in [5.74, 6) is 0.00523. The van der Waals surface area contributed by atoms with Crippen molar-refractivity contribution in [3.63, 3.8) is 0 Å². The summed E-state index contributed by atoms with van der Waals surface area (Å²) in [4.78, 5) is 27.7. The Morgan fingerprint density at radius 3 is 2.81 bits per heavy atom. The molecule has 84 valence electrons. The number of carbonyl (C=O) groups excluding carboxylic acids is 2. The van der Waals surface area contributed by atoms with Crippen LogP contribution in [0.15, 0.2) is 37.1 Å². The molecule has 0 bridgehead atoms. The van der Waals surface area contributed by atoms with E-state index in [1.54, 1.807) is 18.2 Å². The zero-order valence-corrected chi connectivity index (χ0v) is 8.74. The monoisotopic (exact) mass is 219 g/mol. The van der Waals surface area contributed by atoms with Crippen molar-refractivity contribution in [2.24, 2.45) is 5.73 Å². The molecule has 0 aromatic carbocycles. The Bertz CT molecular complexity index is 370. The fourth-order valence-corrected chi connectivity index (χ4v) is 1.26. The zero-order valence-electron chi connectivity index (χ0n) is 8.74. The summed E-state index contributed by atoms with van der Waals surface area (Å²) < 4.78 is 0. The predicted molar refractivity (Wildman–Crippen MR) is 60.8 cm³/mol. The highest BCUT2D eigenvalue weighted by molar-refractivity contribution is 5.98. The number of hydrogen-bond donors (Lipinski definition) is 1. The third-order valence-electron chi connectivity index (χ3n) is 2.02. The Kier molecular flexibility index (Phi) is 4.35. The first kappa shape index (κ1) is 12.1. The number of anilines is 1. The molecule has 1 aromatic rings. The van der Waals surface area contributed by atoms with Crippen LogP contribution in [0.3, 0.4) is 0 Å². The lowest BCUT2D eigenvalue weighted by atomic mass is 10.2. The second-order valence-electron chi connectivity index (χ2n) is 3.02. The highest BCUT2D eigenvalue weighted by Gasteiger charge is 2.22. The molecule has 0 saturated heterocycles. The topological polar surface area (TPSA) is 76.3 Å². The predicted octanol–water partition coefficient (Wildman–Crippen LogP) is 0.127. The maximum atomic E-state index is 11.6. The van der Waals surface area contributed by atoms with Gasteiger partial charge in [0, 0.05) is 6.20 Å². The number of aromatic nitrogens is 1. The van der Waals surface area contributed by atoms with Gasteiger partial charge in [-0.3, -0.25) is 9.69 Å². The Morgan fingerprint density at radius 1 is 1.62 bits per heavy atom. The highest BCUT2D eigenvalue weighted by atomic mass is 16.2. The smallest absolute Gasteiger partial charge is 0.242 e. The van der Waals surface area contributed by atoms with Gasteiger partial charge in [-0.15, -0.1) is 6.58 Å². The van der Waals surface area contributed by atoms with E-state index in [0.29, 0.717) is 12.1 Å². The number of carbonyl (C=O) groups is 2. The zero-order chi connectivity index (χ0) is 12.0. The summed E-state index contributed by atoms with van der Waals surface area (Å²) in [6, 6.07) is 4.33. The summed E-state index contributed by atoms with van der Waals surface area (Å²) in [5.41, 5.74) is 5.29. The van der Waals surface area contributed by atoms with E-state index in [1.807, 2.05) is 0 Å². The molecule has 5 heteroatoms. The van der Waals surface area contributed by atoms with Crippen molar-refractivity contribution in [3.05, 3.63) is 37.1 Å². The molecule has 1 amide bonds. The first-order valence-electron chi connectivity index (χ1n) is 4.75. The van der Waals surface area contributed by atoms with Gasteiger partial charge < -0.3 is 10.5 Å². The van der Waals surface area contributed by atoms with Crippen LogP contribution in [0.2, 0.25) is 0 Å². The van der Waals surface area contributed by atoms with E-state index in [0.717, 1.165) is 0 Å². The molecule has 0 fully saturated rings. The van der Waals surface area contributed by atoms with Gasteiger partial charge in [0.2, 0.25) is 5.91 Å². The van der Waals surface area contributed by atoms with Crippen LogP contribution in [0.1, 0.15) is 0 Å². The molecule has 0 spiro atoms. The Balaban J connectivity index is 3.10. The molecule has 1 aromatic heterocycles. The van der Waals surface area contributed by atoms with Gasteiger partial charge in [0.15, 0.2) is 0 Å². The number of nitrogens with two attached hydrogens (primary N) is 1.